The van der Waals surface area contributed by atoms with Gasteiger partial charge in [-0.25, -0.2) is 9.59 Å². The lowest BCUT2D eigenvalue weighted by Crippen LogP contribution is -2.26. The van der Waals surface area contributed by atoms with E-state index in [9.17, 15) is 9.59 Å². The van der Waals surface area contributed by atoms with Crippen LogP contribution in [0.1, 0.15) is 18.7 Å². The average molecular weight is 272 g/mol. The first-order chi connectivity index (χ1) is 8.44. The minimum absolute atomic E-state index is 0.0818. The first-order valence-electron chi connectivity index (χ1n) is 4.77. The topological polar surface area (TPSA) is 148 Å². The predicted octanol–water partition coefficient (Wildman–Crippen LogP) is -0.457. The lowest BCUT2D eigenvalue weighted by molar-refractivity contribution is -0.153. The van der Waals surface area contributed by atoms with Gasteiger partial charge in [-0.15, -0.1) is 0 Å². The maximum Gasteiger partial charge on any atom is 0.362 e. The molecule has 1 aliphatic rings. The van der Waals surface area contributed by atoms with Crippen molar-refractivity contribution >= 4 is 34.3 Å². The van der Waals surface area contributed by atoms with Gasteiger partial charge in [-0.3, -0.25) is 0 Å². The van der Waals surface area contributed by atoms with Crippen LogP contribution >= 0.6 is 11.5 Å². The largest absolute Gasteiger partial charge is 0.478 e. The van der Waals surface area contributed by atoms with Gasteiger partial charge in [-0.05, 0) is 0 Å². The van der Waals surface area contributed by atoms with Gasteiger partial charge < -0.3 is 20.8 Å². The highest BCUT2D eigenvalue weighted by Gasteiger charge is 2.54. The van der Waals surface area contributed by atoms with Crippen molar-refractivity contribution in [2.45, 2.75) is 18.4 Å². The van der Waals surface area contributed by atoms with Gasteiger partial charge in [-0.2, -0.15) is 9.36 Å². The SMILES string of the molecule is Nc1nc(/C(=N/OC2(C(=O)O)CC2)C(=O)O)ns1. The molecule has 0 radical (unpaired) electrons. The van der Waals surface area contributed by atoms with Crippen LogP contribution in [0.25, 0.3) is 0 Å². The Morgan fingerprint density at radius 2 is 2.11 bits per heavy atom. The van der Waals surface area contributed by atoms with Crippen LogP contribution in [0.3, 0.4) is 0 Å². The molecular weight excluding hydrogens is 264 g/mol. The quantitative estimate of drug-likeness (QED) is 0.481. The Balaban J connectivity index is 2.21. The van der Waals surface area contributed by atoms with Crippen LogP contribution in [0.15, 0.2) is 5.16 Å². The van der Waals surface area contributed by atoms with E-state index >= 15 is 0 Å². The van der Waals surface area contributed by atoms with Gasteiger partial charge in [-0.1, -0.05) is 5.16 Å². The van der Waals surface area contributed by atoms with E-state index < -0.39 is 23.3 Å². The number of anilines is 1. The van der Waals surface area contributed by atoms with Gasteiger partial charge in [0.1, 0.15) is 0 Å². The monoisotopic (exact) mass is 272 g/mol. The molecule has 0 unspecified atom stereocenters. The maximum atomic E-state index is 10.9. The number of nitrogen functional groups attached to an aromatic ring is 1. The molecule has 4 N–H and O–H groups in total. The normalized spacial score (nSPS) is 17.2. The van der Waals surface area contributed by atoms with Gasteiger partial charge in [0.05, 0.1) is 0 Å². The van der Waals surface area contributed by atoms with Crippen LogP contribution in [-0.2, 0) is 14.4 Å². The summed E-state index contributed by atoms with van der Waals surface area (Å²) in [6, 6.07) is 0. The van der Waals surface area contributed by atoms with Crippen LogP contribution in [0.5, 0.6) is 0 Å². The molecule has 1 aromatic rings. The first kappa shape index (κ1) is 12.2. The maximum absolute atomic E-state index is 10.9. The summed E-state index contributed by atoms with van der Waals surface area (Å²) in [5, 5.41) is 21.2. The molecule has 0 aliphatic heterocycles. The highest BCUT2D eigenvalue weighted by molar-refractivity contribution is 7.09. The molecule has 0 bridgehead atoms. The number of rotatable bonds is 5. The van der Waals surface area contributed by atoms with Crippen molar-refractivity contribution in [2.75, 3.05) is 5.73 Å². The molecule has 1 aliphatic carbocycles. The summed E-state index contributed by atoms with van der Waals surface area (Å²) in [6.45, 7) is 0. The molecule has 2 rings (SSSR count). The summed E-state index contributed by atoms with van der Waals surface area (Å²) in [7, 11) is 0. The number of nitrogens with two attached hydrogens (primary N) is 1. The van der Waals surface area contributed by atoms with Gasteiger partial charge in [0.2, 0.25) is 17.1 Å². The van der Waals surface area contributed by atoms with Crippen LogP contribution in [0, 0.1) is 0 Å². The van der Waals surface area contributed by atoms with Crippen LogP contribution in [0.4, 0.5) is 5.13 Å². The number of nitrogens with zero attached hydrogens (tertiary/aromatic N) is 3. The summed E-state index contributed by atoms with van der Waals surface area (Å²) >= 11 is 0.806. The highest BCUT2D eigenvalue weighted by Crippen LogP contribution is 2.40. The van der Waals surface area contributed by atoms with Crippen molar-refractivity contribution in [3.05, 3.63) is 5.82 Å². The molecule has 18 heavy (non-hydrogen) atoms. The minimum Gasteiger partial charge on any atom is -0.478 e. The zero-order valence-electron chi connectivity index (χ0n) is 8.86. The van der Waals surface area contributed by atoms with Crippen molar-refractivity contribution in [2.24, 2.45) is 5.16 Å². The summed E-state index contributed by atoms with van der Waals surface area (Å²) in [6.07, 6.45) is 0.566. The number of oxime groups is 1. The zero-order valence-corrected chi connectivity index (χ0v) is 9.68. The Morgan fingerprint density at radius 3 is 2.50 bits per heavy atom. The lowest BCUT2D eigenvalue weighted by Gasteiger charge is -2.07. The molecule has 96 valence electrons. The fourth-order valence-electron chi connectivity index (χ4n) is 1.10. The Morgan fingerprint density at radius 1 is 1.44 bits per heavy atom. The number of aromatic nitrogens is 2. The van der Waals surface area contributed by atoms with Crippen LogP contribution in [0.2, 0.25) is 0 Å². The van der Waals surface area contributed by atoms with Crippen LogP contribution in [-0.4, -0.2) is 42.8 Å². The molecule has 0 atom stereocenters. The summed E-state index contributed by atoms with van der Waals surface area (Å²) in [4.78, 5) is 30.2. The van der Waals surface area contributed by atoms with Crippen molar-refractivity contribution in [1.29, 1.82) is 0 Å². The third kappa shape index (κ3) is 2.22. The number of aliphatic carboxylic acids is 2. The number of carbonyl (C=O) groups is 2. The van der Waals surface area contributed by atoms with E-state index in [-0.39, 0.29) is 23.8 Å². The molecule has 0 amide bonds. The van der Waals surface area contributed by atoms with E-state index in [0.717, 1.165) is 11.5 Å². The zero-order chi connectivity index (χ0) is 13.3. The second-order valence-corrected chi connectivity index (χ2v) is 4.38. The van der Waals surface area contributed by atoms with Crippen molar-refractivity contribution in [3.8, 4) is 0 Å². The molecule has 0 saturated heterocycles. The molecule has 0 aromatic carbocycles. The molecule has 1 saturated carbocycles. The van der Waals surface area contributed by atoms with E-state index in [1.165, 1.54) is 0 Å². The Kier molecular flexibility index (Phi) is 2.87. The minimum atomic E-state index is -1.42. The van der Waals surface area contributed by atoms with Gasteiger partial charge >= 0.3 is 11.9 Å². The fourth-order valence-corrected chi connectivity index (χ4v) is 1.53. The standard InChI is InChI=1S/C8H8N4O5S/c9-7-10-4(12-18-7)3(5(13)14)11-17-8(1-2-8)6(15)16/h1-2H2,(H,13,14)(H,15,16)(H2,9,10,12)/b11-3-. The second kappa shape index (κ2) is 4.22. The summed E-state index contributed by atoms with van der Waals surface area (Å²) in [5.41, 5.74) is 3.33. The van der Waals surface area contributed by atoms with Gasteiger partial charge in [0.15, 0.2) is 5.13 Å². The van der Waals surface area contributed by atoms with E-state index in [1.807, 2.05) is 0 Å². The number of carboxylic acid groups (broad SMARTS) is 2. The van der Waals surface area contributed by atoms with E-state index in [4.69, 9.17) is 20.8 Å². The average Bonchev–Trinajstić information content (AvgIpc) is 2.96. The Bertz CT molecular complexity index is 535. The van der Waals surface area contributed by atoms with Gasteiger partial charge in [0.25, 0.3) is 0 Å². The third-order valence-corrected chi connectivity index (χ3v) is 2.80. The molecule has 1 aromatic heterocycles. The smallest absolute Gasteiger partial charge is 0.362 e. The molecular formula is C8H8N4O5S. The predicted molar refractivity (Wildman–Crippen MR) is 59.2 cm³/mol. The van der Waals surface area contributed by atoms with Crippen LogP contribution < -0.4 is 5.73 Å². The third-order valence-electron chi connectivity index (χ3n) is 2.26. The highest BCUT2D eigenvalue weighted by atomic mass is 32.1. The Hall–Kier alpha value is -2.23. The first-order valence-corrected chi connectivity index (χ1v) is 5.54. The number of hydrogen-bond acceptors (Lipinski definition) is 8. The summed E-state index contributed by atoms with van der Waals surface area (Å²) < 4.78 is 3.67. The van der Waals surface area contributed by atoms with Crippen molar-refractivity contribution in [1.82, 2.24) is 9.36 Å². The van der Waals surface area contributed by atoms with Crippen molar-refractivity contribution < 1.29 is 24.6 Å². The second-order valence-electron chi connectivity index (χ2n) is 3.59. The molecule has 1 fully saturated rings. The number of hydrogen-bond donors (Lipinski definition) is 3. The molecule has 1 heterocycles. The van der Waals surface area contributed by atoms with E-state index in [2.05, 4.69) is 14.5 Å². The van der Waals surface area contributed by atoms with Gasteiger partial charge in [0, 0.05) is 24.4 Å². The number of carboxylic acids is 2. The van der Waals surface area contributed by atoms with E-state index in [1.54, 1.807) is 0 Å². The lowest BCUT2D eigenvalue weighted by atomic mass is 10.3. The Labute approximate surface area is 104 Å². The van der Waals surface area contributed by atoms with Crippen molar-refractivity contribution in [3.63, 3.8) is 0 Å². The molecule has 9 nitrogen and oxygen atoms in total. The molecule has 10 heteroatoms. The molecule has 0 spiro atoms. The summed E-state index contributed by atoms with van der Waals surface area (Å²) in [5.74, 6) is -2.80. The fraction of sp³-hybridized carbons (Fsp3) is 0.375. The van der Waals surface area contributed by atoms with E-state index in [0.29, 0.717) is 0 Å².